The molecule has 0 aromatic carbocycles. The van der Waals surface area contributed by atoms with Gasteiger partial charge in [0.2, 0.25) is 11.9 Å². The van der Waals surface area contributed by atoms with E-state index < -0.39 is 0 Å². The summed E-state index contributed by atoms with van der Waals surface area (Å²) in [6.07, 6.45) is 3.49. The Kier molecular flexibility index (Phi) is 6.94. The Bertz CT molecular complexity index is 751. The van der Waals surface area contributed by atoms with Crippen molar-refractivity contribution >= 4 is 29.6 Å². The number of aromatic nitrogens is 4. The Morgan fingerprint density at radius 2 is 1.85 bits per heavy atom. The number of carbonyl (C=O) groups is 1. The summed E-state index contributed by atoms with van der Waals surface area (Å²) >= 11 is 1.34. The smallest absolute Gasteiger partial charge is 0.378 e. The van der Waals surface area contributed by atoms with E-state index in [1.54, 1.807) is 17.0 Å². The van der Waals surface area contributed by atoms with E-state index in [1.807, 2.05) is 18.2 Å². The number of nitrogens with zero attached hydrogens (tertiary/aromatic N) is 6. The van der Waals surface area contributed by atoms with E-state index in [9.17, 15) is 4.79 Å². The molecule has 3 rings (SSSR count). The highest BCUT2D eigenvalue weighted by atomic mass is 32.2. The summed E-state index contributed by atoms with van der Waals surface area (Å²) in [5.41, 5.74) is 0. The van der Waals surface area contributed by atoms with Gasteiger partial charge in [0.05, 0.1) is 13.2 Å². The lowest BCUT2D eigenvalue weighted by Crippen LogP contribution is -2.42. The molecule has 144 valence electrons. The summed E-state index contributed by atoms with van der Waals surface area (Å²) < 4.78 is 7.00. The van der Waals surface area contributed by atoms with Crippen molar-refractivity contribution in [2.75, 3.05) is 54.9 Å². The van der Waals surface area contributed by atoms with Gasteiger partial charge in [-0.2, -0.15) is 15.0 Å². The molecule has 9 heteroatoms. The molecule has 8 nitrogen and oxygen atoms in total. The molecule has 27 heavy (non-hydrogen) atoms. The zero-order valence-corrected chi connectivity index (χ0v) is 16.6. The SMILES string of the molecule is CCN(CC)c1nc(SCC(=O)[n+]2ccccc2)nc(N2CCOCC2)n1. The second-order valence-corrected chi connectivity index (χ2v) is 6.90. The van der Waals surface area contributed by atoms with E-state index >= 15 is 0 Å². The average Bonchev–Trinajstić information content (AvgIpc) is 2.74. The molecule has 0 aliphatic carbocycles. The van der Waals surface area contributed by atoms with Gasteiger partial charge < -0.3 is 14.5 Å². The molecule has 0 spiro atoms. The minimum Gasteiger partial charge on any atom is -0.378 e. The molecule has 2 aromatic rings. The van der Waals surface area contributed by atoms with Gasteiger partial charge in [0.1, 0.15) is 5.75 Å². The zero-order chi connectivity index (χ0) is 19.1. The number of ether oxygens (including phenoxy) is 1. The fourth-order valence-corrected chi connectivity index (χ4v) is 3.41. The van der Waals surface area contributed by atoms with Crippen LogP contribution >= 0.6 is 11.8 Å². The molecule has 1 aliphatic heterocycles. The van der Waals surface area contributed by atoms with Gasteiger partial charge in [-0.25, -0.2) is 4.79 Å². The van der Waals surface area contributed by atoms with Crippen LogP contribution < -0.4 is 14.4 Å². The third-order valence-electron chi connectivity index (χ3n) is 4.26. The average molecular weight is 390 g/mol. The lowest BCUT2D eigenvalue weighted by atomic mass is 10.4. The van der Waals surface area contributed by atoms with Crippen molar-refractivity contribution in [3.63, 3.8) is 0 Å². The van der Waals surface area contributed by atoms with Crippen molar-refractivity contribution in [2.24, 2.45) is 0 Å². The molecule has 0 bridgehead atoms. The predicted octanol–water partition coefficient (Wildman–Crippen LogP) is 1.27. The van der Waals surface area contributed by atoms with E-state index in [-0.39, 0.29) is 11.7 Å². The quantitative estimate of drug-likeness (QED) is 0.518. The standard InChI is InChI=1S/C18H25N6O2S/c1-3-22(4-2)16-19-17(24-10-12-26-13-11-24)21-18(20-16)27-14-15(25)23-8-6-5-7-9-23/h5-9H,3-4,10-14H2,1-2H3/q+1. The van der Waals surface area contributed by atoms with E-state index in [2.05, 4.69) is 38.6 Å². The fraction of sp³-hybridized carbons (Fsp3) is 0.500. The predicted molar refractivity (Wildman–Crippen MR) is 104 cm³/mol. The largest absolute Gasteiger partial charge is 0.402 e. The topological polar surface area (TPSA) is 75.3 Å². The summed E-state index contributed by atoms with van der Waals surface area (Å²) in [5.74, 6) is 1.55. The molecular formula is C18H25N6O2S+. The van der Waals surface area contributed by atoms with Gasteiger partial charge in [0.25, 0.3) is 0 Å². The molecule has 1 saturated heterocycles. The van der Waals surface area contributed by atoms with Crippen LogP contribution in [0, 0.1) is 0 Å². The maximum atomic E-state index is 12.4. The Balaban J connectivity index is 1.79. The first kappa shape index (κ1) is 19.5. The Morgan fingerprint density at radius 3 is 2.52 bits per heavy atom. The Morgan fingerprint density at radius 1 is 1.15 bits per heavy atom. The third kappa shape index (κ3) is 5.14. The van der Waals surface area contributed by atoms with Gasteiger partial charge in [0.15, 0.2) is 17.6 Å². The molecule has 0 saturated carbocycles. The number of thioether (sulfide) groups is 1. The molecule has 1 fully saturated rings. The first-order valence-electron chi connectivity index (χ1n) is 9.17. The molecular weight excluding hydrogens is 364 g/mol. The summed E-state index contributed by atoms with van der Waals surface area (Å²) in [6, 6.07) is 5.55. The van der Waals surface area contributed by atoms with Crippen LogP contribution in [-0.4, -0.2) is 66.0 Å². The number of rotatable bonds is 7. The van der Waals surface area contributed by atoms with Gasteiger partial charge in [-0.1, -0.05) is 17.8 Å². The van der Waals surface area contributed by atoms with Crippen LogP contribution in [0.25, 0.3) is 0 Å². The van der Waals surface area contributed by atoms with Gasteiger partial charge in [-0.3, -0.25) is 0 Å². The fourth-order valence-electron chi connectivity index (χ4n) is 2.72. The molecule has 0 atom stereocenters. The van der Waals surface area contributed by atoms with Crippen LogP contribution in [0.15, 0.2) is 35.7 Å². The molecule has 2 aromatic heterocycles. The van der Waals surface area contributed by atoms with Gasteiger partial charge >= 0.3 is 5.91 Å². The summed E-state index contributed by atoms with van der Waals surface area (Å²) in [7, 11) is 0. The monoisotopic (exact) mass is 389 g/mol. The minimum absolute atomic E-state index is 0.0154. The first-order valence-corrected chi connectivity index (χ1v) is 10.2. The molecule has 0 radical (unpaired) electrons. The highest BCUT2D eigenvalue weighted by Gasteiger charge is 2.20. The van der Waals surface area contributed by atoms with Crippen LogP contribution in [0.4, 0.5) is 11.9 Å². The van der Waals surface area contributed by atoms with Crippen LogP contribution in [0.5, 0.6) is 0 Å². The molecule has 1 aliphatic rings. The zero-order valence-electron chi connectivity index (χ0n) is 15.7. The second-order valence-electron chi connectivity index (χ2n) is 5.95. The third-order valence-corrected chi connectivity index (χ3v) is 5.09. The number of hydrogen-bond acceptors (Lipinski definition) is 8. The lowest BCUT2D eigenvalue weighted by Gasteiger charge is -2.28. The Hall–Kier alpha value is -2.26. The highest BCUT2D eigenvalue weighted by Crippen LogP contribution is 2.21. The number of morpholine rings is 1. The lowest BCUT2D eigenvalue weighted by molar-refractivity contribution is -0.572. The summed E-state index contributed by atoms with van der Waals surface area (Å²) in [5, 5.41) is 0.568. The van der Waals surface area contributed by atoms with Crippen molar-refractivity contribution in [1.29, 1.82) is 0 Å². The van der Waals surface area contributed by atoms with Crippen LogP contribution in [0.3, 0.4) is 0 Å². The number of anilines is 2. The number of pyridine rings is 1. The van der Waals surface area contributed by atoms with E-state index in [1.165, 1.54) is 11.8 Å². The molecule has 0 N–H and O–H groups in total. The van der Waals surface area contributed by atoms with Crippen molar-refractivity contribution in [1.82, 2.24) is 15.0 Å². The maximum Gasteiger partial charge on any atom is 0.402 e. The Labute approximate surface area is 163 Å². The van der Waals surface area contributed by atoms with Gasteiger partial charge in [-0.05, 0) is 13.8 Å². The first-order chi connectivity index (χ1) is 13.2. The molecule has 0 unspecified atom stereocenters. The van der Waals surface area contributed by atoms with Crippen molar-refractivity contribution in [3.05, 3.63) is 30.6 Å². The van der Waals surface area contributed by atoms with E-state index in [0.29, 0.717) is 30.3 Å². The van der Waals surface area contributed by atoms with Crippen LogP contribution in [0.1, 0.15) is 18.6 Å². The van der Waals surface area contributed by atoms with E-state index in [4.69, 9.17) is 4.74 Å². The maximum absolute atomic E-state index is 12.4. The van der Waals surface area contributed by atoms with E-state index in [0.717, 1.165) is 26.2 Å². The summed E-state index contributed by atoms with van der Waals surface area (Å²) in [4.78, 5) is 30.4. The van der Waals surface area contributed by atoms with Crippen molar-refractivity contribution < 1.29 is 14.1 Å². The van der Waals surface area contributed by atoms with Gasteiger partial charge in [-0.15, -0.1) is 4.57 Å². The molecule has 0 amide bonds. The number of hydrogen-bond donors (Lipinski definition) is 0. The highest BCUT2D eigenvalue weighted by molar-refractivity contribution is 7.99. The number of carbonyl (C=O) groups excluding carboxylic acids is 1. The second kappa shape index (κ2) is 9.61. The minimum atomic E-state index is -0.0154. The summed E-state index contributed by atoms with van der Waals surface area (Å²) in [6.45, 7) is 8.61. The van der Waals surface area contributed by atoms with Crippen molar-refractivity contribution in [3.8, 4) is 0 Å². The van der Waals surface area contributed by atoms with Crippen molar-refractivity contribution in [2.45, 2.75) is 19.0 Å². The molecule has 3 heterocycles. The van der Waals surface area contributed by atoms with Crippen LogP contribution in [-0.2, 0) is 4.74 Å². The van der Waals surface area contributed by atoms with Gasteiger partial charge in [0, 0.05) is 38.3 Å². The van der Waals surface area contributed by atoms with Crippen LogP contribution in [0.2, 0.25) is 0 Å². The normalized spacial score (nSPS) is 14.2.